The van der Waals surface area contributed by atoms with E-state index in [-0.39, 0.29) is 30.5 Å². The summed E-state index contributed by atoms with van der Waals surface area (Å²) < 4.78 is 5.65. The third-order valence-corrected chi connectivity index (χ3v) is 3.05. The molecule has 2 aromatic rings. The number of H-pyrrole nitrogens is 2. The molecule has 2 rings (SSSR count). The lowest BCUT2D eigenvalue weighted by atomic mass is 10.2. The van der Waals surface area contributed by atoms with Gasteiger partial charge in [-0.2, -0.15) is 10.2 Å². The van der Waals surface area contributed by atoms with Crippen molar-refractivity contribution in [3.8, 4) is 5.75 Å². The Hall–Kier alpha value is -3.23. The number of hydrazone groups is 1. The van der Waals surface area contributed by atoms with Gasteiger partial charge < -0.3 is 4.74 Å². The second-order valence-corrected chi connectivity index (χ2v) is 5.45. The molecule has 0 aliphatic rings. The topological polar surface area (TPSA) is 129 Å². The molecule has 0 radical (unpaired) electrons. The van der Waals surface area contributed by atoms with Crippen LogP contribution in [0.25, 0.3) is 0 Å². The van der Waals surface area contributed by atoms with Crippen molar-refractivity contribution in [2.45, 2.75) is 32.8 Å². The standard InChI is InChI=1S/C16H19N5O4/c1-10(2)25-13-6-4-3-5-11(13)9-17-20-14(22)8-7-12-15(23)18-16(24)21-19-12/h3-6,9-10H,7-8H2,1-2H3,(H,20,22)(H2,18,21,23,24)/b17-9+. The zero-order valence-corrected chi connectivity index (χ0v) is 13.9. The number of carbonyl (C=O) groups is 1. The van der Waals surface area contributed by atoms with E-state index < -0.39 is 11.2 Å². The molecule has 1 heterocycles. The van der Waals surface area contributed by atoms with E-state index in [0.29, 0.717) is 5.75 Å². The first kappa shape index (κ1) is 18.1. The first-order valence-electron chi connectivity index (χ1n) is 7.71. The van der Waals surface area contributed by atoms with Crippen LogP contribution in [0.1, 0.15) is 31.5 Å². The van der Waals surface area contributed by atoms with Gasteiger partial charge in [0.1, 0.15) is 11.4 Å². The van der Waals surface area contributed by atoms with Gasteiger partial charge in [-0.05, 0) is 26.0 Å². The average molecular weight is 345 g/mol. The Morgan fingerprint density at radius 1 is 1.36 bits per heavy atom. The maximum Gasteiger partial charge on any atom is 0.342 e. The fraction of sp³-hybridized carbons (Fsp3) is 0.312. The van der Waals surface area contributed by atoms with Crippen molar-refractivity contribution >= 4 is 12.1 Å². The van der Waals surface area contributed by atoms with Crippen molar-refractivity contribution in [2.24, 2.45) is 5.10 Å². The van der Waals surface area contributed by atoms with Crippen molar-refractivity contribution < 1.29 is 9.53 Å². The summed E-state index contributed by atoms with van der Waals surface area (Å²) in [6.45, 7) is 3.84. The minimum absolute atomic E-state index is 0.00358. The predicted octanol–water partition coefficient (Wildman–Crippen LogP) is 0.328. The van der Waals surface area contributed by atoms with Crippen LogP contribution in [0.5, 0.6) is 5.75 Å². The van der Waals surface area contributed by atoms with Crippen LogP contribution in [0.3, 0.4) is 0 Å². The van der Waals surface area contributed by atoms with Gasteiger partial charge in [0.2, 0.25) is 5.91 Å². The van der Waals surface area contributed by atoms with Gasteiger partial charge in [-0.15, -0.1) is 0 Å². The molecule has 1 aromatic heterocycles. The molecule has 9 nitrogen and oxygen atoms in total. The lowest BCUT2D eigenvalue weighted by Crippen LogP contribution is -2.28. The van der Waals surface area contributed by atoms with Gasteiger partial charge >= 0.3 is 5.69 Å². The molecule has 0 unspecified atom stereocenters. The third kappa shape index (κ3) is 5.72. The number of nitrogens with one attached hydrogen (secondary N) is 3. The van der Waals surface area contributed by atoms with Gasteiger partial charge in [0.15, 0.2) is 0 Å². The molecule has 0 bridgehead atoms. The molecule has 1 amide bonds. The Kier molecular flexibility index (Phi) is 6.21. The summed E-state index contributed by atoms with van der Waals surface area (Å²) in [5.41, 5.74) is 1.88. The van der Waals surface area contributed by atoms with Gasteiger partial charge in [0, 0.05) is 18.4 Å². The summed E-state index contributed by atoms with van der Waals surface area (Å²) >= 11 is 0. The Morgan fingerprint density at radius 2 is 2.12 bits per heavy atom. The van der Waals surface area contributed by atoms with E-state index in [2.05, 4.69) is 20.7 Å². The fourth-order valence-corrected chi connectivity index (χ4v) is 1.95. The lowest BCUT2D eigenvalue weighted by Gasteiger charge is -2.11. The SMILES string of the molecule is CC(C)Oc1ccccc1/C=N/NC(=O)CCc1n[nH]c(=O)[nH]c1=O. The van der Waals surface area contributed by atoms with E-state index in [9.17, 15) is 14.4 Å². The Balaban J connectivity index is 1.90. The summed E-state index contributed by atoms with van der Waals surface area (Å²) in [6.07, 6.45) is 1.59. The van der Waals surface area contributed by atoms with E-state index >= 15 is 0 Å². The van der Waals surface area contributed by atoms with E-state index in [0.717, 1.165) is 5.56 Å². The predicted molar refractivity (Wildman–Crippen MR) is 91.7 cm³/mol. The number of hydrogen-bond donors (Lipinski definition) is 3. The molecule has 132 valence electrons. The first-order valence-corrected chi connectivity index (χ1v) is 7.71. The van der Waals surface area contributed by atoms with Crippen molar-refractivity contribution in [3.05, 3.63) is 56.4 Å². The summed E-state index contributed by atoms with van der Waals surface area (Å²) in [7, 11) is 0. The molecule has 1 aromatic carbocycles. The van der Waals surface area contributed by atoms with E-state index in [1.807, 2.05) is 43.1 Å². The van der Waals surface area contributed by atoms with Crippen LogP contribution >= 0.6 is 0 Å². The molecule has 0 aliphatic carbocycles. The summed E-state index contributed by atoms with van der Waals surface area (Å²) in [6, 6.07) is 7.32. The highest BCUT2D eigenvalue weighted by Crippen LogP contribution is 2.17. The summed E-state index contributed by atoms with van der Waals surface area (Å²) in [5, 5.41) is 9.60. The molecule has 3 N–H and O–H groups in total. The Labute approximate surface area is 143 Å². The molecular formula is C16H19N5O4. The van der Waals surface area contributed by atoms with Gasteiger partial charge in [-0.1, -0.05) is 12.1 Å². The minimum atomic E-state index is -0.690. The molecule has 0 fully saturated rings. The van der Waals surface area contributed by atoms with Gasteiger partial charge in [0.05, 0.1) is 12.3 Å². The van der Waals surface area contributed by atoms with E-state index in [4.69, 9.17) is 4.74 Å². The Bertz CT molecular complexity index is 869. The summed E-state index contributed by atoms with van der Waals surface area (Å²) in [4.78, 5) is 36.2. The number of para-hydroxylation sites is 1. The molecule has 25 heavy (non-hydrogen) atoms. The second-order valence-electron chi connectivity index (χ2n) is 5.45. The van der Waals surface area contributed by atoms with Gasteiger partial charge in [-0.3, -0.25) is 14.6 Å². The van der Waals surface area contributed by atoms with Crippen LogP contribution in [0.4, 0.5) is 0 Å². The van der Waals surface area contributed by atoms with Crippen LogP contribution in [-0.2, 0) is 11.2 Å². The van der Waals surface area contributed by atoms with Crippen LogP contribution in [-0.4, -0.2) is 33.4 Å². The quantitative estimate of drug-likeness (QED) is 0.492. The third-order valence-electron chi connectivity index (χ3n) is 3.05. The smallest absolute Gasteiger partial charge is 0.342 e. The first-order chi connectivity index (χ1) is 12.0. The van der Waals surface area contributed by atoms with E-state index in [1.54, 1.807) is 0 Å². The summed E-state index contributed by atoms with van der Waals surface area (Å²) in [5.74, 6) is 0.283. The monoisotopic (exact) mass is 345 g/mol. The van der Waals surface area contributed by atoms with Crippen LogP contribution in [0.2, 0.25) is 0 Å². The number of hydrogen-bond acceptors (Lipinski definition) is 6. The average Bonchev–Trinajstić information content (AvgIpc) is 2.55. The van der Waals surface area contributed by atoms with Crippen molar-refractivity contribution in [1.82, 2.24) is 20.6 Å². The maximum atomic E-state index is 11.8. The van der Waals surface area contributed by atoms with Crippen LogP contribution < -0.4 is 21.4 Å². The number of carbonyl (C=O) groups excluding carboxylic acids is 1. The highest BCUT2D eigenvalue weighted by molar-refractivity contribution is 5.85. The molecule has 0 saturated heterocycles. The number of amides is 1. The molecule has 0 atom stereocenters. The highest BCUT2D eigenvalue weighted by Gasteiger charge is 2.07. The van der Waals surface area contributed by atoms with Crippen LogP contribution in [0, 0.1) is 0 Å². The zero-order valence-electron chi connectivity index (χ0n) is 13.9. The van der Waals surface area contributed by atoms with Crippen LogP contribution in [0.15, 0.2) is 39.0 Å². The van der Waals surface area contributed by atoms with Crippen molar-refractivity contribution in [2.75, 3.05) is 0 Å². The molecule has 0 aliphatic heterocycles. The highest BCUT2D eigenvalue weighted by atomic mass is 16.5. The Morgan fingerprint density at radius 3 is 2.84 bits per heavy atom. The largest absolute Gasteiger partial charge is 0.490 e. The number of nitrogens with zero attached hydrogens (tertiary/aromatic N) is 2. The van der Waals surface area contributed by atoms with E-state index in [1.165, 1.54) is 6.21 Å². The fourth-order valence-electron chi connectivity index (χ4n) is 1.95. The maximum absolute atomic E-state index is 11.8. The van der Waals surface area contributed by atoms with Crippen molar-refractivity contribution in [3.63, 3.8) is 0 Å². The molecule has 9 heteroatoms. The van der Waals surface area contributed by atoms with Crippen molar-refractivity contribution in [1.29, 1.82) is 0 Å². The minimum Gasteiger partial charge on any atom is -0.490 e. The lowest BCUT2D eigenvalue weighted by molar-refractivity contribution is -0.121. The zero-order chi connectivity index (χ0) is 18.2. The number of aromatic amines is 2. The molecule has 0 saturated carbocycles. The second kappa shape index (κ2) is 8.57. The van der Waals surface area contributed by atoms with Gasteiger partial charge in [0.25, 0.3) is 5.56 Å². The number of aromatic nitrogens is 3. The molecule has 0 spiro atoms. The number of ether oxygens (including phenoxy) is 1. The van der Waals surface area contributed by atoms with Gasteiger partial charge in [-0.25, -0.2) is 15.3 Å². The number of rotatable bonds is 7. The number of aryl methyl sites for hydroxylation is 1. The number of benzene rings is 1. The normalized spacial score (nSPS) is 11.0. The molecular weight excluding hydrogens is 326 g/mol.